The van der Waals surface area contributed by atoms with Gasteiger partial charge in [0.2, 0.25) is 0 Å². The zero-order chi connectivity index (χ0) is 16.2. The zero-order valence-electron chi connectivity index (χ0n) is 13.5. The highest BCUT2D eigenvalue weighted by Gasteiger charge is 2.12. The van der Waals surface area contributed by atoms with E-state index >= 15 is 0 Å². The largest absolute Gasteiger partial charge is 0.459 e. The van der Waals surface area contributed by atoms with Gasteiger partial charge in [-0.05, 0) is 42.2 Å². The molecule has 23 heavy (non-hydrogen) atoms. The molecule has 0 aliphatic heterocycles. The maximum Gasteiger partial charge on any atom is 0.286 e. The van der Waals surface area contributed by atoms with Gasteiger partial charge in [-0.15, -0.1) is 0 Å². The van der Waals surface area contributed by atoms with Crippen LogP contribution in [0.4, 0.5) is 0 Å². The number of pyridine rings is 1. The van der Waals surface area contributed by atoms with Crippen LogP contribution >= 0.6 is 0 Å². The predicted molar refractivity (Wildman–Crippen MR) is 89.3 cm³/mol. The lowest BCUT2D eigenvalue weighted by Gasteiger charge is -2.06. The molecule has 0 radical (unpaired) electrons. The summed E-state index contributed by atoms with van der Waals surface area (Å²) in [6.07, 6.45) is 6.23. The summed E-state index contributed by atoms with van der Waals surface area (Å²) in [6.45, 7) is 5.89. The Labute approximate surface area is 135 Å². The first-order valence-corrected chi connectivity index (χ1v) is 7.89. The second kappa shape index (κ2) is 6.69. The minimum absolute atomic E-state index is 0.181. The van der Waals surface area contributed by atoms with E-state index in [2.05, 4.69) is 41.0 Å². The van der Waals surface area contributed by atoms with Crippen LogP contribution < -0.4 is 5.32 Å². The van der Waals surface area contributed by atoms with Gasteiger partial charge in [0.05, 0.1) is 6.26 Å². The smallest absolute Gasteiger partial charge is 0.286 e. The molecular formula is C18H21N3O2. The monoisotopic (exact) mass is 311 g/mol. The number of hydrogen-bond donors (Lipinski definition) is 1. The summed E-state index contributed by atoms with van der Waals surface area (Å²) < 4.78 is 7.29. The van der Waals surface area contributed by atoms with Crippen molar-refractivity contribution in [1.82, 2.24) is 14.9 Å². The highest BCUT2D eigenvalue weighted by atomic mass is 16.3. The van der Waals surface area contributed by atoms with E-state index in [4.69, 9.17) is 4.42 Å². The fourth-order valence-corrected chi connectivity index (χ4v) is 2.73. The van der Waals surface area contributed by atoms with E-state index in [-0.39, 0.29) is 5.91 Å². The molecular weight excluding hydrogens is 290 g/mol. The van der Waals surface area contributed by atoms with Crippen LogP contribution in [0.15, 0.2) is 47.3 Å². The van der Waals surface area contributed by atoms with Crippen LogP contribution in [0.5, 0.6) is 0 Å². The van der Waals surface area contributed by atoms with Crippen molar-refractivity contribution in [2.45, 2.75) is 26.8 Å². The van der Waals surface area contributed by atoms with E-state index in [1.165, 1.54) is 11.8 Å². The number of furan rings is 1. The highest BCUT2D eigenvalue weighted by Crippen LogP contribution is 2.20. The van der Waals surface area contributed by atoms with Gasteiger partial charge in [-0.1, -0.05) is 13.8 Å². The van der Waals surface area contributed by atoms with Crippen LogP contribution in [0.25, 0.3) is 11.0 Å². The van der Waals surface area contributed by atoms with E-state index in [1.54, 1.807) is 12.1 Å². The summed E-state index contributed by atoms with van der Waals surface area (Å²) in [7, 11) is 0. The van der Waals surface area contributed by atoms with Crippen molar-refractivity contribution >= 4 is 16.9 Å². The fourth-order valence-electron chi connectivity index (χ4n) is 2.73. The van der Waals surface area contributed by atoms with Crippen LogP contribution in [0.2, 0.25) is 0 Å². The second-order valence-electron chi connectivity index (χ2n) is 6.06. The molecule has 3 heterocycles. The number of nitrogens with zero attached hydrogens (tertiary/aromatic N) is 2. The molecule has 0 spiro atoms. The molecule has 120 valence electrons. The maximum atomic E-state index is 11.9. The third kappa shape index (κ3) is 3.44. The van der Waals surface area contributed by atoms with Crippen molar-refractivity contribution in [3.8, 4) is 0 Å². The first-order chi connectivity index (χ1) is 11.1. The third-order valence-electron chi connectivity index (χ3n) is 3.70. The summed E-state index contributed by atoms with van der Waals surface area (Å²) in [6, 6.07) is 7.41. The van der Waals surface area contributed by atoms with Crippen LogP contribution in [0.1, 0.15) is 30.0 Å². The summed E-state index contributed by atoms with van der Waals surface area (Å²) in [4.78, 5) is 16.4. The Morgan fingerprint density at radius 2 is 2.22 bits per heavy atom. The topological polar surface area (TPSA) is 60.1 Å². The summed E-state index contributed by atoms with van der Waals surface area (Å²) in [5.41, 5.74) is 2.21. The van der Waals surface area contributed by atoms with E-state index in [0.717, 1.165) is 24.0 Å². The Bertz CT molecular complexity index is 788. The van der Waals surface area contributed by atoms with Gasteiger partial charge in [0.15, 0.2) is 5.76 Å². The number of aromatic nitrogens is 2. The third-order valence-corrected chi connectivity index (χ3v) is 3.70. The average Bonchev–Trinajstić information content (AvgIpc) is 3.16. The molecule has 0 aliphatic rings. The number of hydrogen-bond acceptors (Lipinski definition) is 3. The van der Waals surface area contributed by atoms with Crippen LogP contribution in [-0.2, 0) is 13.0 Å². The van der Waals surface area contributed by atoms with Crippen molar-refractivity contribution in [2.24, 2.45) is 5.92 Å². The Morgan fingerprint density at radius 1 is 1.35 bits per heavy atom. The molecule has 0 unspecified atom stereocenters. The molecule has 1 amide bonds. The number of carbonyl (C=O) groups is 1. The molecule has 0 fully saturated rings. The van der Waals surface area contributed by atoms with Crippen LogP contribution in [-0.4, -0.2) is 22.0 Å². The Morgan fingerprint density at radius 3 is 2.96 bits per heavy atom. The first kappa shape index (κ1) is 15.3. The number of rotatable bonds is 6. The summed E-state index contributed by atoms with van der Waals surface area (Å²) in [5.74, 6) is 0.715. The van der Waals surface area contributed by atoms with Crippen molar-refractivity contribution < 1.29 is 9.21 Å². The quantitative estimate of drug-likeness (QED) is 0.760. The average molecular weight is 311 g/mol. The second-order valence-corrected chi connectivity index (χ2v) is 6.06. The molecule has 5 nitrogen and oxygen atoms in total. The standard InChI is InChI=1S/C18H21N3O2/c1-13(2)11-21-12-14(15-5-3-8-19-17(15)21)7-9-20-18(22)16-6-4-10-23-16/h3-6,8,10,12-13H,7,9,11H2,1-2H3,(H,20,22). The number of amides is 1. The van der Waals surface area contributed by atoms with Crippen molar-refractivity contribution in [2.75, 3.05) is 6.54 Å². The van der Waals surface area contributed by atoms with Gasteiger partial charge in [-0.3, -0.25) is 4.79 Å². The number of fused-ring (bicyclic) bond motifs is 1. The predicted octanol–water partition coefficient (Wildman–Crippen LogP) is 3.26. The van der Waals surface area contributed by atoms with Gasteiger partial charge in [0, 0.05) is 30.9 Å². The minimum atomic E-state index is -0.181. The molecule has 3 aromatic heterocycles. The maximum absolute atomic E-state index is 11.9. The summed E-state index contributed by atoms with van der Waals surface area (Å²) in [5, 5.41) is 4.04. The minimum Gasteiger partial charge on any atom is -0.459 e. The van der Waals surface area contributed by atoms with Gasteiger partial charge in [0.25, 0.3) is 5.91 Å². The molecule has 0 aliphatic carbocycles. The Hall–Kier alpha value is -2.56. The van der Waals surface area contributed by atoms with Gasteiger partial charge in [-0.2, -0.15) is 0 Å². The Balaban J connectivity index is 1.71. The molecule has 3 aromatic rings. The summed E-state index contributed by atoms with van der Waals surface area (Å²) >= 11 is 0. The van der Waals surface area contributed by atoms with Crippen molar-refractivity contribution in [3.63, 3.8) is 0 Å². The molecule has 0 aromatic carbocycles. The van der Waals surface area contributed by atoms with E-state index in [9.17, 15) is 4.79 Å². The van der Waals surface area contributed by atoms with Crippen LogP contribution in [0, 0.1) is 5.92 Å². The van der Waals surface area contributed by atoms with E-state index in [0.29, 0.717) is 18.2 Å². The van der Waals surface area contributed by atoms with Gasteiger partial charge >= 0.3 is 0 Å². The normalized spacial score (nSPS) is 11.3. The molecule has 0 atom stereocenters. The van der Waals surface area contributed by atoms with E-state index < -0.39 is 0 Å². The lowest BCUT2D eigenvalue weighted by Crippen LogP contribution is -2.25. The molecule has 0 saturated carbocycles. The lowest BCUT2D eigenvalue weighted by molar-refractivity contribution is 0.0926. The van der Waals surface area contributed by atoms with Crippen LogP contribution in [0.3, 0.4) is 0 Å². The number of carbonyl (C=O) groups excluding carboxylic acids is 1. The molecule has 5 heteroatoms. The Kier molecular flexibility index (Phi) is 4.46. The fraction of sp³-hybridized carbons (Fsp3) is 0.333. The first-order valence-electron chi connectivity index (χ1n) is 7.89. The highest BCUT2D eigenvalue weighted by molar-refractivity contribution is 5.91. The van der Waals surface area contributed by atoms with Gasteiger partial charge in [-0.25, -0.2) is 4.98 Å². The zero-order valence-corrected chi connectivity index (χ0v) is 13.5. The van der Waals surface area contributed by atoms with Crippen molar-refractivity contribution in [3.05, 3.63) is 54.2 Å². The molecule has 1 N–H and O–H groups in total. The SMILES string of the molecule is CC(C)Cn1cc(CCNC(=O)c2ccco2)c2cccnc21. The molecule has 3 rings (SSSR count). The van der Waals surface area contributed by atoms with Gasteiger partial charge in [0.1, 0.15) is 5.65 Å². The molecule has 0 saturated heterocycles. The van der Waals surface area contributed by atoms with Gasteiger partial charge < -0.3 is 14.3 Å². The number of nitrogens with one attached hydrogen (secondary N) is 1. The lowest BCUT2D eigenvalue weighted by atomic mass is 10.1. The van der Waals surface area contributed by atoms with E-state index in [1.807, 2.05) is 12.3 Å². The van der Waals surface area contributed by atoms with Crippen molar-refractivity contribution in [1.29, 1.82) is 0 Å². The molecule has 0 bridgehead atoms.